The van der Waals surface area contributed by atoms with E-state index in [9.17, 15) is 0 Å². The molecule has 2 aromatic rings. The van der Waals surface area contributed by atoms with E-state index in [2.05, 4.69) is 17.1 Å². The van der Waals surface area contributed by atoms with Crippen LogP contribution in [-0.2, 0) is 11.2 Å². The summed E-state index contributed by atoms with van der Waals surface area (Å²) >= 11 is 7.52. The van der Waals surface area contributed by atoms with Crippen LogP contribution >= 0.6 is 23.4 Å². The molecule has 0 amide bonds. The van der Waals surface area contributed by atoms with E-state index in [0.717, 1.165) is 35.1 Å². The first kappa shape index (κ1) is 15.5. The Morgan fingerprint density at radius 2 is 2.00 bits per heavy atom. The van der Waals surface area contributed by atoms with Crippen molar-refractivity contribution in [2.24, 2.45) is 5.10 Å². The standard InChI is InChI=1S/C15H17ClN4OS/c1-3-9-21-14-13(10-5-7-11(16)8-6-10)19-20-12(4-2)17-18-15(20)22-14/h5-8,14H,3-4,9H2,1-2H3. The van der Waals surface area contributed by atoms with Crippen LogP contribution in [0.15, 0.2) is 34.5 Å². The number of nitrogens with zero attached hydrogens (tertiary/aromatic N) is 4. The molecule has 1 atom stereocenters. The predicted molar refractivity (Wildman–Crippen MR) is 88.7 cm³/mol. The SMILES string of the molecule is CCCOC1Sc2nnc(CC)n2N=C1c1ccc(Cl)cc1. The summed E-state index contributed by atoms with van der Waals surface area (Å²) in [5, 5.41) is 14.6. The van der Waals surface area contributed by atoms with Crippen LogP contribution in [0.25, 0.3) is 0 Å². The van der Waals surface area contributed by atoms with Crippen LogP contribution in [-0.4, -0.2) is 32.6 Å². The predicted octanol–water partition coefficient (Wildman–Crippen LogP) is 3.60. The smallest absolute Gasteiger partial charge is 0.214 e. The lowest BCUT2D eigenvalue weighted by atomic mass is 10.1. The summed E-state index contributed by atoms with van der Waals surface area (Å²) in [7, 11) is 0. The lowest BCUT2D eigenvalue weighted by Gasteiger charge is -2.23. The molecule has 1 aromatic heterocycles. The van der Waals surface area contributed by atoms with Gasteiger partial charge in [0.1, 0.15) is 5.71 Å². The lowest BCUT2D eigenvalue weighted by Crippen LogP contribution is -2.27. The molecule has 0 spiro atoms. The Bertz CT molecular complexity index is 683. The van der Waals surface area contributed by atoms with E-state index in [1.54, 1.807) is 16.4 Å². The molecular weight excluding hydrogens is 320 g/mol. The molecule has 0 fully saturated rings. The van der Waals surface area contributed by atoms with Gasteiger partial charge in [-0.25, -0.2) is 0 Å². The van der Waals surface area contributed by atoms with Crippen molar-refractivity contribution in [1.29, 1.82) is 0 Å². The Labute approximate surface area is 138 Å². The van der Waals surface area contributed by atoms with Gasteiger partial charge in [0.05, 0.1) is 0 Å². The average molecular weight is 337 g/mol. The van der Waals surface area contributed by atoms with Gasteiger partial charge < -0.3 is 4.74 Å². The molecule has 5 nitrogen and oxygen atoms in total. The number of halogens is 1. The second-order valence-corrected chi connectivity index (χ2v) is 6.34. The Hall–Kier alpha value is -1.37. The molecule has 0 aliphatic carbocycles. The zero-order valence-electron chi connectivity index (χ0n) is 12.5. The van der Waals surface area contributed by atoms with Gasteiger partial charge in [-0.05, 0) is 30.3 Å². The number of aryl methyl sites for hydroxylation is 1. The minimum absolute atomic E-state index is 0.178. The molecule has 0 bridgehead atoms. The number of hydrogen-bond donors (Lipinski definition) is 0. The maximum Gasteiger partial charge on any atom is 0.214 e. The Kier molecular flexibility index (Phi) is 4.81. The van der Waals surface area contributed by atoms with Crippen molar-refractivity contribution in [1.82, 2.24) is 14.9 Å². The third-order valence-corrected chi connectivity index (χ3v) is 4.54. The number of rotatable bonds is 5. The molecule has 1 aliphatic heterocycles. The highest BCUT2D eigenvalue weighted by Gasteiger charge is 2.29. The monoisotopic (exact) mass is 336 g/mol. The van der Waals surface area contributed by atoms with Crippen LogP contribution in [0.5, 0.6) is 0 Å². The maximum atomic E-state index is 5.98. The Balaban J connectivity index is 2.01. The van der Waals surface area contributed by atoms with Gasteiger partial charge in [0.2, 0.25) is 5.16 Å². The normalized spacial score (nSPS) is 17.2. The Morgan fingerprint density at radius 3 is 2.68 bits per heavy atom. The maximum absolute atomic E-state index is 5.98. The lowest BCUT2D eigenvalue weighted by molar-refractivity contribution is 0.150. The zero-order chi connectivity index (χ0) is 15.5. The topological polar surface area (TPSA) is 52.3 Å². The average Bonchev–Trinajstić information content (AvgIpc) is 2.94. The largest absolute Gasteiger partial charge is 0.361 e. The summed E-state index contributed by atoms with van der Waals surface area (Å²) in [4.78, 5) is 0. The van der Waals surface area contributed by atoms with E-state index >= 15 is 0 Å². The van der Waals surface area contributed by atoms with E-state index in [1.807, 2.05) is 31.2 Å². The summed E-state index contributed by atoms with van der Waals surface area (Å²) < 4.78 is 7.75. The van der Waals surface area contributed by atoms with E-state index < -0.39 is 0 Å². The Morgan fingerprint density at radius 1 is 1.23 bits per heavy atom. The highest BCUT2D eigenvalue weighted by Crippen LogP contribution is 2.31. The van der Waals surface area contributed by atoms with Crippen LogP contribution in [0, 0.1) is 0 Å². The fraction of sp³-hybridized carbons (Fsp3) is 0.400. The van der Waals surface area contributed by atoms with E-state index in [1.165, 1.54) is 0 Å². The molecule has 0 radical (unpaired) electrons. The molecule has 0 saturated heterocycles. The van der Waals surface area contributed by atoms with Gasteiger partial charge in [-0.1, -0.05) is 37.6 Å². The summed E-state index contributed by atoms with van der Waals surface area (Å²) in [6, 6.07) is 7.66. The number of ether oxygens (including phenoxy) is 1. The molecule has 0 N–H and O–H groups in total. The number of aromatic nitrogens is 3. The molecule has 0 saturated carbocycles. The van der Waals surface area contributed by atoms with Crippen molar-refractivity contribution in [2.45, 2.75) is 37.3 Å². The van der Waals surface area contributed by atoms with Gasteiger partial charge in [0.15, 0.2) is 11.3 Å². The van der Waals surface area contributed by atoms with E-state index in [-0.39, 0.29) is 5.44 Å². The summed E-state index contributed by atoms with van der Waals surface area (Å²) in [6.07, 6.45) is 1.74. The fourth-order valence-electron chi connectivity index (χ4n) is 2.15. The van der Waals surface area contributed by atoms with E-state index in [0.29, 0.717) is 11.6 Å². The third kappa shape index (κ3) is 3.04. The first-order chi connectivity index (χ1) is 10.7. The van der Waals surface area contributed by atoms with Crippen molar-refractivity contribution in [2.75, 3.05) is 6.61 Å². The third-order valence-electron chi connectivity index (χ3n) is 3.25. The van der Waals surface area contributed by atoms with Gasteiger partial charge in [-0.3, -0.25) is 0 Å². The van der Waals surface area contributed by atoms with Gasteiger partial charge in [0, 0.05) is 23.6 Å². The molecule has 116 valence electrons. The first-order valence-corrected chi connectivity index (χ1v) is 8.56. The summed E-state index contributed by atoms with van der Waals surface area (Å²) in [5.74, 6) is 0.850. The quantitative estimate of drug-likeness (QED) is 0.837. The summed E-state index contributed by atoms with van der Waals surface area (Å²) in [6.45, 7) is 4.81. The molecule has 7 heteroatoms. The van der Waals surface area contributed by atoms with Crippen molar-refractivity contribution in [3.63, 3.8) is 0 Å². The molecule has 1 aliphatic rings. The fourth-order valence-corrected chi connectivity index (χ4v) is 3.26. The first-order valence-electron chi connectivity index (χ1n) is 7.30. The number of fused-ring (bicyclic) bond motifs is 1. The molecule has 22 heavy (non-hydrogen) atoms. The molecule has 1 unspecified atom stereocenters. The molecular formula is C15H17ClN4OS. The van der Waals surface area contributed by atoms with Crippen LogP contribution in [0.3, 0.4) is 0 Å². The second-order valence-electron chi connectivity index (χ2n) is 4.88. The molecule has 3 rings (SSSR count). The minimum atomic E-state index is -0.178. The van der Waals surface area contributed by atoms with Gasteiger partial charge in [0.25, 0.3) is 0 Å². The van der Waals surface area contributed by atoms with Crippen LogP contribution < -0.4 is 0 Å². The second kappa shape index (κ2) is 6.81. The van der Waals surface area contributed by atoms with Crippen molar-refractivity contribution in [3.05, 3.63) is 40.7 Å². The van der Waals surface area contributed by atoms with Crippen LogP contribution in [0.2, 0.25) is 5.02 Å². The minimum Gasteiger partial charge on any atom is -0.361 e. The van der Waals surface area contributed by atoms with E-state index in [4.69, 9.17) is 21.4 Å². The highest BCUT2D eigenvalue weighted by molar-refractivity contribution is 8.00. The number of benzene rings is 1. The number of hydrogen-bond acceptors (Lipinski definition) is 5. The van der Waals surface area contributed by atoms with Gasteiger partial charge in [-0.15, -0.1) is 10.2 Å². The van der Waals surface area contributed by atoms with Crippen molar-refractivity contribution >= 4 is 29.1 Å². The van der Waals surface area contributed by atoms with Crippen LogP contribution in [0.1, 0.15) is 31.7 Å². The highest BCUT2D eigenvalue weighted by atomic mass is 35.5. The van der Waals surface area contributed by atoms with Gasteiger partial charge >= 0.3 is 0 Å². The summed E-state index contributed by atoms with van der Waals surface area (Å²) in [5.41, 5.74) is 1.69. The zero-order valence-corrected chi connectivity index (χ0v) is 14.1. The van der Waals surface area contributed by atoms with Crippen molar-refractivity contribution in [3.8, 4) is 0 Å². The van der Waals surface area contributed by atoms with Crippen molar-refractivity contribution < 1.29 is 4.74 Å². The number of thioether (sulfide) groups is 1. The molecule has 2 heterocycles. The van der Waals surface area contributed by atoms with Crippen LogP contribution in [0.4, 0.5) is 0 Å². The van der Waals surface area contributed by atoms with Gasteiger partial charge in [-0.2, -0.15) is 9.78 Å². The molecule has 1 aromatic carbocycles.